The predicted octanol–water partition coefficient (Wildman–Crippen LogP) is 19.3. The fourth-order valence-electron chi connectivity index (χ4n) is 11.2. The molecule has 0 radical (unpaired) electrons. The zero-order valence-corrected chi connectivity index (χ0v) is 44.4. The average molecular weight is 1010 g/mol. The van der Waals surface area contributed by atoms with Gasteiger partial charge in [-0.15, -0.1) is 0 Å². The lowest BCUT2D eigenvalue weighted by Gasteiger charge is -2.26. The van der Waals surface area contributed by atoms with Gasteiger partial charge in [0.2, 0.25) is 5.69 Å². The number of para-hydroxylation sites is 3. The van der Waals surface area contributed by atoms with Crippen molar-refractivity contribution >= 4 is 94.9 Å². The van der Waals surface area contributed by atoms with Crippen LogP contribution in [0.1, 0.15) is 56.1 Å². The molecule has 0 bridgehead atoms. The van der Waals surface area contributed by atoms with E-state index in [1.54, 1.807) is 0 Å². The van der Waals surface area contributed by atoms with Gasteiger partial charge in [-0.05, 0) is 118 Å². The van der Waals surface area contributed by atoms with E-state index >= 15 is 0 Å². The summed E-state index contributed by atoms with van der Waals surface area (Å²) in [7, 11) is 0. The van der Waals surface area contributed by atoms with Crippen LogP contribution in [0.2, 0.25) is 0 Å². The van der Waals surface area contributed by atoms with E-state index in [0.29, 0.717) is 17.0 Å². The van der Waals surface area contributed by atoms with Crippen LogP contribution < -0.4 is 9.80 Å². The highest BCUT2D eigenvalue weighted by molar-refractivity contribution is 6.25. The van der Waals surface area contributed by atoms with E-state index in [0.717, 1.165) is 118 Å². The first-order valence-corrected chi connectivity index (χ1v) is 26.9. The van der Waals surface area contributed by atoms with E-state index in [4.69, 9.17) is 15.1 Å². The van der Waals surface area contributed by atoms with E-state index in [1.165, 1.54) is 5.56 Å². The molecule has 1 aromatic heterocycles. The van der Waals surface area contributed by atoms with Crippen molar-refractivity contribution in [3.05, 3.63) is 253 Å². The van der Waals surface area contributed by atoms with Gasteiger partial charge >= 0.3 is 0 Å². The van der Waals surface area contributed by atoms with Crippen LogP contribution in [0.25, 0.3) is 65.9 Å². The number of hydrogen-bond acceptors (Lipinski definition) is 6. The molecular formula is C71H57N6O+. The average Bonchev–Trinajstić information content (AvgIpc) is 3.50. The van der Waals surface area contributed by atoms with Crippen LogP contribution in [0.3, 0.4) is 0 Å². The second-order valence-electron chi connectivity index (χ2n) is 21.7. The Hall–Kier alpha value is -9.59. The number of hydrogen-bond donors (Lipinski definition) is 0. The lowest BCUT2D eigenvalue weighted by atomic mass is 9.86. The number of nitrogens with zero attached hydrogens (tertiary/aromatic N) is 6. The summed E-state index contributed by atoms with van der Waals surface area (Å²) in [6, 6.07) is 82.1. The van der Waals surface area contributed by atoms with Crippen LogP contribution in [0, 0.1) is 5.92 Å². The van der Waals surface area contributed by atoms with Crippen molar-refractivity contribution in [1.82, 2.24) is 9.97 Å². The molecule has 0 saturated carbocycles. The van der Waals surface area contributed by atoms with Gasteiger partial charge in [0.25, 0.3) is 5.69 Å². The van der Waals surface area contributed by atoms with Gasteiger partial charge in [-0.3, -0.25) is 4.79 Å². The van der Waals surface area contributed by atoms with Crippen LogP contribution in [-0.2, 0) is 5.41 Å². The highest BCUT2D eigenvalue weighted by atomic mass is 16.1. The molecular weight excluding hydrogens is 953 g/mol. The molecule has 7 heteroatoms. The lowest BCUT2D eigenvalue weighted by molar-refractivity contribution is -0.530. The minimum absolute atomic E-state index is 0.00225. The Morgan fingerprint density at radius 1 is 0.423 bits per heavy atom. The minimum Gasteiger partial charge on any atom is -0.311 e. The molecule has 0 saturated heterocycles. The van der Waals surface area contributed by atoms with E-state index in [9.17, 15) is 4.79 Å². The van der Waals surface area contributed by atoms with Crippen molar-refractivity contribution < 1.29 is 9.49 Å². The predicted molar refractivity (Wildman–Crippen MR) is 323 cm³/mol. The summed E-state index contributed by atoms with van der Waals surface area (Å²) in [5.74, 6) is 0.336. The number of fused-ring (bicyclic) bond motifs is 8. The second kappa shape index (κ2) is 19.5. The molecule has 0 aliphatic carbocycles. The molecule has 1 aliphatic heterocycles. The minimum atomic E-state index is -0.00225. The number of aromatic nitrogens is 2. The van der Waals surface area contributed by atoms with Crippen molar-refractivity contribution in [2.24, 2.45) is 11.0 Å². The van der Waals surface area contributed by atoms with Crippen LogP contribution in [0.5, 0.6) is 0 Å². The Morgan fingerprint density at radius 2 is 0.782 bits per heavy atom. The van der Waals surface area contributed by atoms with Gasteiger partial charge in [0.15, 0.2) is 12.3 Å². The monoisotopic (exact) mass is 1010 g/mol. The molecule has 7 nitrogen and oxygen atoms in total. The third-order valence-corrected chi connectivity index (χ3v) is 15.0. The van der Waals surface area contributed by atoms with Crippen LogP contribution in [-0.4, -0.2) is 27.0 Å². The third kappa shape index (κ3) is 8.54. The normalized spacial score (nSPS) is 12.2. The fraction of sp³-hybridized carbons (Fsp3) is 0.113. The summed E-state index contributed by atoms with van der Waals surface area (Å²) in [5, 5.41) is 9.79. The smallest absolute Gasteiger partial charge is 0.274 e. The van der Waals surface area contributed by atoms with Gasteiger partial charge in [0, 0.05) is 72.6 Å². The largest absolute Gasteiger partial charge is 0.311 e. The van der Waals surface area contributed by atoms with Crippen molar-refractivity contribution in [2.45, 2.75) is 40.0 Å². The Kier molecular flexibility index (Phi) is 12.0. The number of carbonyl (C=O) groups is 1. The van der Waals surface area contributed by atoms with E-state index in [1.807, 2.05) is 42.5 Å². The van der Waals surface area contributed by atoms with Gasteiger partial charge in [0.1, 0.15) is 11.0 Å². The molecule has 0 amide bonds. The molecule has 0 N–H and O–H groups in total. The van der Waals surface area contributed by atoms with Crippen LogP contribution in [0.4, 0.5) is 45.5 Å². The summed E-state index contributed by atoms with van der Waals surface area (Å²) in [5.41, 5.74) is 17.9. The van der Waals surface area contributed by atoms with Gasteiger partial charge < -0.3 is 9.80 Å². The SMILES string of the molecule is CC(C)C[N+]1=Nc2c1c(-c1ccc(N(c3ccccc3)c3ccc(C(=O)c4ccc(C(C)(C)C)cc4)cc3)cc1)c1nc3c4ccccc4c4ccccc4c3nc1c2-c1ccc(N(c2ccccc2)c2ccccc2)cc1. The maximum atomic E-state index is 13.8. The Bertz CT molecular complexity index is 4230. The summed E-state index contributed by atoms with van der Waals surface area (Å²) in [6.45, 7) is 11.8. The van der Waals surface area contributed by atoms with Crippen LogP contribution in [0.15, 0.2) is 242 Å². The first-order chi connectivity index (χ1) is 38.1. The maximum Gasteiger partial charge on any atom is 0.274 e. The molecule has 1 aliphatic rings. The molecule has 376 valence electrons. The third-order valence-electron chi connectivity index (χ3n) is 15.0. The molecule has 0 fully saturated rings. The summed E-state index contributed by atoms with van der Waals surface area (Å²) in [4.78, 5) is 30.0. The Balaban J connectivity index is 0.981. The number of anilines is 6. The van der Waals surface area contributed by atoms with Gasteiger partial charge in [-0.1, -0.05) is 191 Å². The van der Waals surface area contributed by atoms with Gasteiger partial charge in [-0.25, -0.2) is 9.97 Å². The van der Waals surface area contributed by atoms with Crippen molar-refractivity contribution in [1.29, 1.82) is 0 Å². The number of benzene rings is 11. The van der Waals surface area contributed by atoms with Crippen molar-refractivity contribution in [2.75, 3.05) is 16.3 Å². The van der Waals surface area contributed by atoms with Gasteiger partial charge in [0.05, 0.1) is 16.6 Å². The number of carbonyl (C=O) groups excluding carboxylic acids is 1. The molecule has 2 heterocycles. The number of rotatable bonds is 12. The highest BCUT2D eigenvalue weighted by Gasteiger charge is 2.40. The molecule has 0 atom stereocenters. The molecule has 0 spiro atoms. The van der Waals surface area contributed by atoms with Crippen molar-refractivity contribution in [3.8, 4) is 22.3 Å². The highest BCUT2D eigenvalue weighted by Crippen LogP contribution is 2.56. The molecule has 13 rings (SSSR count). The topological polar surface area (TPSA) is 64.7 Å². The van der Waals surface area contributed by atoms with Crippen LogP contribution >= 0.6 is 0 Å². The zero-order chi connectivity index (χ0) is 53.1. The summed E-state index contributed by atoms with van der Waals surface area (Å²) >= 11 is 0. The maximum absolute atomic E-state index is 13.8. The zero-order valence-electron chi connectivity index (χ0n) is 44.4. The number of azo groups is 2. The fourth-order valence-corrected chi connectivity index (χ4v) is 11.2. The second-order valence-corrected chi connectivity index (χ2v) is 21.7. The lowest BCUT2D eigenvalue weighted by Crippen LogP contribution is -2.18. The van der Waals surface area contributed by atoms with E-state index < -0.39 is 0 Å². The first kappa shape index (κ1) is 48.1. The molecule has 12 aromatic rings. The molecule has 0 unspecified atom stereocenters. The first-order valence-electron chi connectivity index (χ1n) is 26.9. The summed E-state index contributed by atoms with van der Waals surface area (Å²) in [6.07, 6.45) is 0. The van der Waals surface area contributed by atoms with Gasteiger partial charge in [-0.2, -0.15) is 0 Å². The summed E-state index contributed by atoms with van der Waals surface area (Å²) < 4.78 is 2.18. The number of ketones is 1. The quantitative estimate of drug-likeness (QED) is 0.0528. The Labute approximate surface area is 455 Å². The molecule has 11 aromatic carbocycles. The van der Waals surface area contributed by atoms with E-state index in [-0.39, 0.29) is 11.2 Å². The van der Waals surface area contributed by atoms with E-state index in [2.05, 4.69) is 243 Å². The standard InChI is InChI=1S/C71H57N6O/c1-46(2)45-75-69-63(48-33-41-56(42-34-48)77(54-23-13-8-14-24-54)57-43-35-50(36-44-57)70(78)49-29-37-51(38-30-49)71(3,4)5)67-66(72-64-60-27-17-15-25-58(60)59-26-16-18-28-61(59)65(64)73-67)62(68(69)74-75)47-31-39-55(40-32-47)76(52-19-9-6-10-20-52)53-21-11-7-12-22-53/h6-44,46H,45H2,1-5H3/q+1. The Morgan fingerprint density at radius 3 is 1.21 bits per heavy atom. The molecule has 78 heavy (non-hydrogen) atoms. The van der Waals surface area contributed by atoms with Crippen molar-refractivity contribution in [3.63, 3.8) is 0 Å².